The molecule has 0 aliphatic rings. The van der Waals surface area contributed by atoms with Crippen LogP contribution in [0.25, 0.3) is 0 Å². The summed E-state index contributed by atoms with van der Waals surface area (Å²) < 4.78 is 0. The zero-order valence-corrected chi connectivity index (χ0v) is 9.92. The van der Waals surface area contributed by atoms with Crippen LogP contribution in [0, 0.1) is 6.92 Å². The van der Waals surface area contributed by atoms with E-state index in [4.69, 9.17) is 5.11 Å². The van der Waals surface area contributed by atoms with Crippen molar-refractivity contribution in [2.45, 2.75) is 13.5 Å². The molecule has 0 fully saturated rings. The Hall–Kier alpha value is -2.43. The minimum Gasteiger partial charge on any atom is -0.476 e. The van der Waals surface area contributed by atoms with Crippen LogP contribution in [0.3, 0.4) is 0 Å². The fourth-order valence-corrected chi connectivity index (χ4v) is 1.61. The van der Waals surface area contributed by atoms with Gasteiger partial charge in [-0.2, -0.15) is 0 Å². The number of nitrogens with one attached hydrogen (secondary N) is 1. The summed E-state index contributed by atoms with van der Waals surface area (Å²) in [7, 11) is 0. The molecule has 0 unspecified atom stereocenters. The zero-order chi connectivity index (χ0) is 13.0. The maximum atomic E-state index is 11.0. The third-order valence-electron chi connectivity index (χ3n) is 2.62. The van der Waals surface area contributed by atoms with Crippen LogP contribution in [0.1, 0.15) is 21.6 Å². The van der Waals surface area contributed by atoms with Gasteiger partial charge < -0.3 is 10.4 Å². The molecule has 2 aromatic rings. The lowest BCUT2D eigenvalue weighted by molar-refractivity contribution is 0.0691. The normalized spacial score (nSPS) is 10.1. The minimum absolute atomic E-state index is 0.0317. The highest BCUT2D eigenvalue weighted by Gasteiger charge is 2.10. The summed E-state index contributed by atoms with van der Waals surface area (Å²) in [5.74, 6) is -1.04. The first-order valence-electron chi connectivity index (χ1n) is 5.50. The lowest BCUT2D eigenvalue weighted by Crippen LogP contribution is -2.08. The predicted molar refractivity (Wildman–Crippen MR) is 67.5 cm³/mol. The molecule has 92 valence electrons. The van der Waals surface area contributed by atoms with E-state index in [1.54, 1.807) is 24.5 Å². The molecule has 2 heterocycles. The number of aromatic nitrogens is 2. The summed E-state index contributed by atoms with van der Waals surface area (Å²) in [5.41, 5.74) is 2.68. The van der Waals surface area contributed by atoms with Gasteiger partial charge in [-0.05, 0) is 36.2 Å². The Bertz CT molecular complexity index is 570. The van der Waals surface area contributed by atoms with E-state index in [2.05, 4.69) is 15.3 Å². The monoisotopic (exact) mass is 243 g/mol. The van der Waals surface area contributed by atoms with E-state index in [0.29, 0.717) is 12.2 Å². The molecule has 2 N–H and O–H groups in total. The highest BCUT2D eigenvalue weighted by Crippen LogP contribution is 2.14. The number of hydrogen-bond donors (Lipinski definition) is 2. The second-order valence-corrected chi connectivity index (χ2v) is 3.86. The van der Waals surface area contributed by atoms with Gasteiger partial charge in [0.05, 0.1) is 5.69 Å². The molecule has 0 aliphatic carbocycles. The van der Waals surface area contributed by atoms with Gasteiger partial charge >= 0.3 is 5.97 Å². The van der Waals surface area contributed by atoms with Crippen molar-refractivity contribution in [3.63, 3.8) is 0 Å². The Kier molecular flexibility index (Phi) is 3.52. The van der Waals surface area contributed by atoms with Crippen LogP contribution in [-0.4, -0.2) is 21.0 Å². The summed E-state index contributed by atoms with van der Waals surface area (Å²) in [5, 5.41) is 12.1. The lowest BCUT2D eigenvalue weighted by Gasteiger charge is -2.10. The van der Waals surface area contributed by atoms with E-state index in [-0.39, 0.29) is 5.69 Å². The number of aromatic carboxylic acids is 1. The highest BCUT2D eigenvalue weighted by atomic mass is 16.4. The molecule has 0 atom stereocenters. The van der Waals surface area contributed by atoms with Crippen molar-refractivity contribution < 1.29 is 9.90 Å². The number of carboxylic acids is 1. The molecule has 0 spiro atoms. The summed E-state index contributed by atoms with van der Waals surface area (Å²) in [6, 6.07) is 5.31. The van der Waals surface area contributed by atoms with Crippen LogP contribution in [-0.2, 0) is 6.54 Å². The largest absolute Gasteiger partial charge is 0.476 e. The summed E-state index contributed by atoms with van der Waals surface area (Å²) >= 11 is 0. The number of pyridine rings is 2. The minimum atomic E-state index is -1.04. The SMILES string of the molecule is Cc1cnccc1CNc1cccnc1C(=O)O. The molecule has 0 bridgehead atoms. The number of carbonyl (C=O) groups is 1. The van der Waals surface area contributed by atoms with Crippen molar-refractivity contribution in [1.82, 2.24) is 9.97 Å². The van der Waals surface area contributed by atoms with Crippen molar-refractivity contribution in [2.24, 2.45) is 0 Å². The number of nitrogens with zero attached hydrogens (tertiary/aromatic N) is 2. The Morgan fingerprint density at radius 3 is 2.94 bits per heavy atom. The molecular formula is C13H13N3O2. The second-order valence-electron chi connectivity index (χ2n) is 3.86. The second kappa shape index (κ2) is 5.27. The van der Waals surface area contributed by atoms with Gasteiger partial charge in [-0.3, -0.25) is 4.98 Å². The first kappa shape index (κ1) is 12.0. The highest BCUT2D eigenvalue weighted by molar-refractivity contribution is 5.91. The van der Waals surface area contributed by atoms with Crippen molar-refractivity contribution in [2.75, 3.05) is 5.32 Å². The molecule has 0 amide bonds. The van der Waals surface area contributed by atoms with Gasteiger partial charge in [-0.15, -0.1) is 0 Å². The Morgan fingerprint density at radius 2 is 2.22 bits per heavy atom. The smallest absolute Gasteiger partial charge is 0.356 e. The third-order valence-corrected chi connectivity index (χ3v) is 2.62. The zero-order valence-electron chi connectivity index (χ0n) is 9.92. The summed E-state index contributed by atoms with van der Waals surface area (Å²) in [4.78, 5) is 18.8. The van der Waals surface area contributed by atoms with Crippen LogP contribution in [0.2, 0.25) is 0 Å². The maximum Gasteiger partial charge on any atom is 0.356 e. The first-order chi connectivity index (χ1) is 8.68. The van der Waals surface area contributed by atoms with Gasteiger partial charge in [-0.25, -0.2) is 9.78 Å². The number of aryl methyl sites for hydroxylation is 1. The summed E-state index contributed by atoms with van der Waals surface area (Å²) in [6.45, 7) is 2.51. The Balaban J connectivity index is 2.16. The Morgan fingerprint density at radius 1 is 1.39 bits per heavy atom. The topological polar surface area (TPSA) is 75.1 Å². The molecule has 0 radical (unpaired) electrons. The fraction of sp³-hybridized carbons (Fsp3) is 0.154. The van der Waals surface area contributed by atoms with Gasteiger partial charge in [0, 0.05) is 25.1 Å². The number of rotatable bonds is 4. The lowest BCUT2D eigenvalue weighted by atomic mass is 10.1. The molecule has 5 nitrogen and oxygen atoms in total. The molecule has 0 saturated heterocycles. The van der Waals surface area contributed by atoms with Crippen molar-refractivity contribution in [1.29, 1.82) is 0 Å². The fourth-order valence-electron chi connectivity index (χ4n) is 1.61. The van der Waals surface area contributed by atoms with E-state index in [1.165, 1.54) is 6.20 Å². The van der Waals surface area contributed by atoms with Gasteiger partial charge in [0.15, 0.2) is 5.69 Å². The van der Waals surface area contributed by atoms with Crippen molar-refractivity contribution in [3.8, 4) is 0 Å². The van der Waals surface area contributed by atoms with Gasteiger partial charge in [-0.1, -0.05) is 0 Å². The first-order valence-corrected chi connectivity index (χ1v) is 5.50. The van der Waals surface area contributed by atoms with E-state index in [0.717, 1.165) is 11.1 Å². The van der Waals surface area contributed by atoms with E-state index in [1.807, 2.05) is 13.0 Å². The predicted octanol–water partition coefficient (Wildman–Crippen LogP) is 2.10. The molecule has 2 aromatic heterocycles. The third kappa shape index (κ3) is 2.63. The molecule has 0 aliphatic heterocycles. The van der Waals surface area contributed by atoms with Crippen LogP contribution >= 0.6 is 0 Å². The maximum absolute atomic E-state index is 11.0. The van der Waals surface area contributed by atoms with Gasteiger partial charge in [0.1, 0.15) is 0 Å². The number of carboxylic acid groups (broad SMARTS) is 1. The van der Waals surface area contributed by atoms with Crippen molar-refractivity contribution in [3.05, 3.63) is 53.6 Å². The van der Waals surface area contributed by atoms with Crippen LogP contribution in [0.4, 0.5) is 5.69 Å². The van der Waals surface area contributed by atoms with E-state index in [9.17, 15) is 4.79 Å². The number of hydrogen-bond acceptors (Lipinski definition) is 4. The summed E-state index contributed by atoms with van der Waals surface area (Å²) in [6.07, 6.45) is 4.95. The molecular weight excluding hydrogens is 230 g/mol. The quantitative estimate of drug-likeness (QED) is 0.860. The standard InChI is InChI=1S/C13H13N3O2/c1-9-7-14-6-4-10(9)8-16-11-3-2-5-15-12(11)13(17)18/h2-7,16H,8H2,1H3,(H,17,18). The molecule has 5 heteroatoms. The van der Waals surface area contributed by atoms with Crippen LogP contribution in [0.15, 0.2) is 36.8 Å². The number of anilines is 1. The molecule has 2 rings (SSSR count). The van der Waals surface area contributed by atoms with Crippen LogP contribution in [0.5, 0.6) is 0 Å². The molecule has 0 aromatic carbocycles. The average Bonchev–Trinajstić information content (AvgIpc) is 2.38. The molecule has 0 saturated carbocycles. The van der Waals surface area contributed by atoms with Gasteiger partial charge in [0.25, 0.3) is 0 Å². The Labute approximate surface area is 105 Å². The van der Waals surface area contributed by atoms with Crippen LogP contribution < -0.4 is 5.32 Å². The van der Waals surface area contributed by atoms with Crippen molar-refractivity contribution >= 4 is 11.7 Å². The van der Waals surface area contributed by atoms with E-state index >= 15 is 0 Å². The molecule has 18 heavy (non-hydrogen) atoms. The average molecular weight is 243 g/mol. The van der Waals surface area contributed by atoms with Gasteiger partial charge in [0.2, 0.25) is 0 Å². The van der Waals surface area contributed by atoms with E-state index < -0.39 is 5.97 Å².